The molecule has 3 heteroatoms. The Morgan fingerprint density at radius 3 is 2.77 bits per heavy atom. The van der Waals surface area contributed by atoms with Crippen molar-refractivity contribution >= 4 is 16.5 Å². The van der Waals surface area contributed by atoms with Crippen LogP contribution in [-0.4, -0.2) is 11.0 Å². The molecule has 0 amide bonds. The third-order valence-corrected chi connectivity index (χ3v) is 4.08. The molecule has 0 aliphatic heterocycles. The van der Waals surface area contributed by atoms with Crippen molar-refractivity contribution in [2.75, 3.05) is 5.32 Å². The van der Waals surface area contributed by atoms with Crippen LogP contribution >= 0.6 is 11.3 Å². The van der Waals surface area contributed by atoms with Crippen molar-refractivity contribution in [1.29, 1.82) is 0 Å². The predicted molar refractivity (Wildman–Crippen MR) is 55.1 cm³/mol. The average molecular weight is 194 g/mol. The third-order valence-electron chi connectivity index (χ3n) is 3.19. The maximum atomic E-state index is 4.42. The number of rotatable bonds is 2. The van der Waals surface area contributed by atoms with Gasteiger partial charge in [-0.15, -0.1) is 11.3 Å². The van der Waals surface area contributed by atoms with Crippen LogP contribution in [0.4, 0.5) is 5.13 Å². The normalized spacial score (nSPS) is 35.9. The standard InChI is InChI=1S/C10H14N2S/c1-6-5-13-10(11-6)12-9-3-7-2-8(7)4-9/h5,7-9H,2-4H2,1H3,(H,11,12). The highest BCUT2D eigenvalue weighted by molar-refractivity contribution is 7.13. The summed E-state index contributed by atoms with van der Waals surface area (Å²) in [6, 6.07) is 0.717. The van der Waals surface area contributed by atoms with Crippen molar-refractivity contribution in [1.82, 2.24) is 4.98 Å². The second-order valence-electron chi connectivity index (χ2n) is 4.36. The van der Waals surface area contributed by atoms with E-state index < -0.39 is 0 Å². The molecule has 70 valence electrons. The number of fused-ring (bicyclic) bond motifs is 1. The maximum absolute atomic E-state index is 4.42. The molecule has 3 rings (SSSR count). The van der Waals surface area contributed by atoms with Crippen LogP contribution in [0.1, 0.15) is 25.0 Å². The lowest BCUT2D eigenvalue weighted by molar-refractivity contribution is 0.651. The molecule has 1 aromatic rings. The predicted octanol–water partition coefficient (Wildman–Crippen LogP) is 2.66. The number of aromatic nitrogens is 1. The van der Waals surface area contributed by atoms with Crippen LogP contribution in [0.15, 0.2) is 5.38 Å². The SMILES string of the molecule is Cc1csc(NC2CC3CC3C2)n1. The van der Waals surface area contributed by atoms with Gasteiger partial charge < -0.3 is 5.32 Å². The van der Waals surface area contributed by atoms with Crippen LogP contribution in [0.25, 0.3) is 0 Å². The molecule has 2 atom stereocenters. The fourth-order valence-electron chi connectivity index (χ4n) is 2.43. The Labute approximate surface area is 82.4 Å². The van der Waals surface area contributed by atoms with Gasteiger partial charge in [0.15, 0.2) is 5.13 Å². The van der Waals surface area contributed by atoms with Gasteiger partial charge in [-0.2, -0.15) is 0 Å². The molecule has 1 aromatic heterocycles. The first-order valence-corrected chi connectivity index (χ1v) is 5.88. The van der Waals surface area contributed by atoms with Gasteiger partial charge in [-0.25, -0.2) is 4.98 Å². The van der Waals surface area contributed by atoms with E-state index in [9.17, 15) is 0 Å². The zero-order chi connectivity index (χ0) is 8.84. The fourth-order valence-corrected chi connectivity index (χ4v) is 3.19. The molecule has 0 bridgehead atoms. The lowest BCUT2D eigenvalue weighted by Crippen LogP contribution is -2.16. The summed E-state index contributed by atoms with van der Waals surface area (Å²) in [5, 5.41) is 6.75. The van der Waals surface area contributed by atoms with Crippen LogP contribution in [0.3, 0.4) is 0 Å². The largest absolute Gasteiger partial charge is 0.359 e. The number of nitrogens with zero attached hydrogens (tertiary/aromatic N) is 1. The smallest absolute Gasteiger partial charge is 0.183 e. The molecular formula is C10H14N2S. The van der Waals surface area contributed by atoms with Crippen molar-refractivity contribution in [3.05, 3.63) is 11.1 Å². The van der Waals surface area contributed by atoms with Crippen molar-refractivity contribution in [3.63, 3.8) is 0 Å². The molecule has 0 spiro atoms. The van der Waals surface area contributed by atoms with Crippen LogP contribution in [0.2, 0.25) is 0 Å². The number of nitrogens with one attached hydrogen (secondary N) is 1. The fraction of sp³-hybridized carbons (Fsp3) is 0.700. The molecule has 2 aliphatic rings. The van der Waals surface area contributed by atoms with E-state index in [0.717, 1.165) is 22.7 Å². The topological polar surface area (TPSA) is 24.9 Å². The van der Waals surface area contributed by atoms with E-state index in [1.165, 1.54) is 19.3 Å². The number of aryl methyl sites for hydroxylation is 1. The highest BCUT2D eigenvalue weighted by Gasteiger charge is 2.45. The zero-order valence-corrected chi connectivity index (χ0v) is 8.60. The summed E-state index contributed by atoms with van der Waals surface area (Å²) in [5.74, 6) is 2.11. The van der Waals surface area contributed by atoms with E-state index in [2.05, 4.69) is 15.7 Å². The summed E-state index contributed by atoms with van der Waals surface area (Å²) < 4.78 is 0. The van der Waals surface area contributed by atoms with Crippen molar-refractivity contribution in [3.8, 4) is 0 Å². The number of anilines is 1. The summed E-state index contributed by atoms with van der Waals surface area (Å²) >= 11 is 1.73. The van der Waals surface area contributed by atoms with E-state index in [4.69, 9.17) is 0 Å². The minimum absolute atomic E-state index is 0.717. The summed E-state index contributed by atoms with van der Waals surface area (Å²) in [5.41, 5.74) is 1.13. The molecule has 1 heterocycles. The number of hydrogen-bond acceptors (Lipinski definition) is 3. The molecule has 2 nitrogen and oxygen atoms in total. The van der Waals surface area contributed by atoms with Crippen LogP contribution in [-0.2, 0) is 0 Å². The Bertz CT molecular complexity index is 310. The summed E-state index contributed by atoms with van der Waals surface area (Å²) in [6.45, 7) is 2.05. The monoisotopic (exact) mass is 194 g/mol. The average Bonchev–Trinajstić information content (AvgIpc) is 2.55. The first kappa shape index (κ1) is 7.80. The third kappa shape index (κ3) is 1.46. The Hall–Kier alpha value is -0.570. The second kappa shape index (κ2) is 2.71. The van der Waals surface area contributed by atoms with Crippen molar-refractivity contribution in [2.24, 2.45) is 11.8 Å². The molecule has 2 aliphatic carbocycles. The van der Waals surface area contributed by atoms with Crippen molar-refractivity contribution < 1.29 is 0 Å². The molecule has 0 saturated heterocycles. The Morgan fingerprint density at radius 2 is 2.15 bits per heavy atom. The van der Waals surface area contributed by atoms with Crippen LogP contribution < -0.4 is 5.32 Å². The van der Waals surface area contributed by atoms with Crippen LogP contribution in [0.5, 0.6) is 0 Å². The lowest BCUT2D eigenvalue weighted by Gasteiger charge is -2.12. The van der Waals surface area contributed by atoms with E-state index in [-0.39, 0.29) is 0 Å². The van der Waals surface area contributed by atoms with Crippen LogP contribution in [0, 0.1) is 18.8 Å². The second-order valence-corrected chi connectivity index (χ2v) is 5.22. The van der Waals surface area contributed by atoms with Gasteiger partial charge in [-0.05, 0) is 38.0 Å². The van der Waals surface area contributed by atoms with Gasteiger partial charge in [-0.3, -0.25) is 0 Å². The first-order chi connectivity index (χ1) is 6.31. The van der Waals surface area contributed by atoms with Gasteiger partial charge in [0.2, 0.25) is 0 Å². The molecule has 1 N–H and O–H groups in total. The van der Waals surface area contributed by atoms with Gasteiger partial charge in [0, 0.05) is 11.4 Å². The van der Waals surface area contributed by atoms with Gasteiger partial charge in [0.05, 0.1) is 5.69 Å². The van der Waals surface area contributed by atoms with Gasteiger partial charge in [0.25, 0.3) is 0 Å². The van der Waals surface area contributed by atoms with E-state index >= 15 is 0 Å². The molecule has 2 unspecified atom stereocenters. The Kier molecular flexibility index (Phi) is 1.62. The lowest BCUT2D eigenvalue weighted by atomic mass is 10.2. The minimum Gasteiger partial charge on any atom is -0.359 e. The summed E-state index contributed by atoms with van der Waals surface area (Å²) in [4.78, 5) is 4.42. The van der Waals surface area contributed by atoms with Gasteiger partial charge in [-0.1, -0.05) is 0 Å². The summed E-state index contributed by atoms with van der Waals surface area (Å²) in [6.07, 6.45) is 4.25. The number of thiazole rings is 1. The van der Waals surface area contributed by atoms with Gasteiger partial charge >= 0.3 is 0 Å². The molecule has 0 aromatic carbocycles. The Morgan fingerprint density at radius 1 is 1.38 bits per heavy atom. The molecule has 2 saturated carbocycles. The maximum Gasteiger partial charge on any atom is 0.183 e. The molecular weight excluding hydrogens is 180 g/mol. The first-order valence-electron chi connectivity index (χ1n) is 5.00. The summed E-state index contributed by atoms with van der Waals surface area (Å²) in [7, 11) is 0. The molecule has 2 fully saturated rings. The van der Waals surface area contributed by atoms with E-state index in [1.807, 2.05) is 6.92 Å². The quantitative estimate of drug-likeness (QED) is 0.783. The molecule has 13 heavy (non-hydrogen) atoms. The van der Waals surface area contributed by atoms with E-state index in [1.54, 1.807) is 11.3 Å². The molecule has 0 radical (unpaired) electrons. The highest BCUT2D eigenvalue weighted by Crippen LogP contribution is 2.52. The van der Waals surface area contributed by atoms with E-state index in [0.29, 0.717) is 6.04 Å². The highest BCUT2D eigenvalue weighted by atomic mass is 32.1. The van der Waals surface area contributed by atoms with Crippen molar-refractivity contribution in [2.45, 2.75) is 32.2 Å². The zero-order valence-electron chi connectivity index (χ0n) is 7.79. The minimum atomic E-state index is 0.717. The number of hydrogen-bond donors (Lipinski definition) is 1. The Balaban J connectivity index is 1.63. The van der Waals surface area contributed by atoms with Gasteiger partial charge in [0.1, 0.15) is 0 Å².